The molecule has 0 aliphatic carbocycles. The number of benzene rings is 3. The molecule has 0 spiro atoms. The molecular weight excluding hydrogens is 390 g/mol. The van der Waals surface area contributed by atoms with Crippen molar-refractivity contribution in [3.05, 3.63) is 90.0 Å². The summed E-state index contributed by atoms with van der Waals surface area (Å²) in [4.78, 5) is 12.0. The summed E-state index contributed by atoms with van der Waals surface area (Å²) in [6.07, 6.45) is -0.557. The van der Waals surface area contributed by atoms with Crippen LogP contribution in [0.3, 0.4) is 0 Å². The van der Waals surface area contributed by atoms with Crippen LogP contribution < -0.4 is 10.1 Å². The van der Waals surface area contributed by atoms with Gasteiger partial charge in [0.15, 0.2) is 0 Å². The van der Waals surface area contributed by atoms with Crippen LogP contribution in [0.1, 0.15) is 37.9 Å². The summed E-state index contributed by atoms with van der Waals surface area (Å²) < 4.78 is 11.2. The Kier molecular flexibility index (Phi) is 7.32. The zero-order valence-corrected chi connectivity index (χ0v) is 18.2. The highest BCUT2D eigenvalue weighted by atomic mass is 16.6. The second-order valence-electron chi connectivity index (χ2n) is 8.31. The molecule has 3 aromatic carbocycles. The number of amides is 1. The normalized spacial score (nSPS) is 12.1. The van der Waals surface area contributed by atoms with Crippen LogP contribution in [0.15, 0.2) is 78.9 Å². The van der Waals surface area contributed by atoms with Gasteiger partial charge in [0.05, 0.1) is 12.6 Å². The second-order valence-corrected chi connectivity index (χ2v) is 8.31. The fraction of sp³-hybridized carbons (Fsp3) is 0.269. The van der Waals surface area contributed by atoms with Gasteiger partial charge in [0, 0.05) is 0 Å². The summed E-state index contributed by atoms with van der Waals surface area (Å²) in [5, 5.41) is 12.4. The fourth-order valence-electron chi connectivity index (χ4n) is 3.10. The molecule has 31 heavy (non-hydrogen) atoms. The molecule has 0 bridgehead atoms. The topological polar surface area (TPSA) is 67.8 Å². The Balaban J connectivity index is 1.67. The number of ether oxygens (including phenoxy) is 2. The summed E-state index contributed by atoms with van der Waals surface area (Å²) in [7, 11) is 0. The van der Waals surface area contributed by atoms with Crippen molar-refractivity contribution in [1.82, 2.24) is 5.32 Å². The molecular formula is C26H29NO4. The highest BCUT2D eigenvalue weighted by molar-refractivity contribution is 5.69. The summed E-state index contributed by atoms with van der Waals surface area (Å²) in [5.41, 5.74) is 3.36. The molecule has 0 aliphatic rings. The number of aliphatic hydroxyl groups excluding tert-OH is 1. The van der Waals surface area contributed by atoms with Crippen molar-refractivity contribution >= 4 is 6.09 Å². The van der Waals surface area contributed by atoms with E-state index in [4.69, 9.17) is 9.47 Å². The van der Waals surface area contributed by atoms with Crippen molar-refractivity contribution in [3.8, 4) is 16.9 Å². The van der Waals surface area contributed by atoms with Gasteiger partial charge >= 0.3 is 6.09 Å². The van der Waals surface area contributed by atoms with Gasteiger partial charge in [-0.1, -0.05) is 66.7 Å². The molecule has 0 heterocycles. The molecule has 3 aromatic rings. The van der Waals surface area contributed by atoms with Gasteiger partial charge in [0.25, 0.3) is 0 Å². The van der Waals surface area contributed by atoms with Crippen LogP contribution in [0, 0.1) is 0 Å². The second kappa shape index (κ2) is 10.1. The van der Waals surface area contributed by atoms with E-state index in [9.17, 15) is 9.90 Å². The van der Waals surface area contributed by atoms with Crippen LogP contribution in [-0.2, 0) is 11.3 Å². The number of nitrogens with one attached hydrogen (secondary N) is 1. The number of hydrogen-bond donors (Lipinski definition) is 2. The van der Waals surface area contributed by atoms with Gasteiger partial charge in [0.1, 0.15) is 18.0 Å². The molecule has 162 valence electrons. The standard InChI is InChI=1S/C26H29NO4/c1-26(2,3)31-25(29)27-24(17-28)21-14-12-20(13-15-21)22-10-7-11-23(16-22)30-18-19-8-5-4-6-9-19/h4-16,24,28H,17-18H2,1-3H3,(H,27,29)/t24-/m0/s1. The van der Waals surface area contributed by atoms with Crippen LogP contribution in [0.25, 0.3) is 11.1 Å². The van der Waals surface area contributed by atoms with Gasteiger partial charge in [-0.25, -0.2) is 4.79 Å². The SMILES string of the molecule is CC(C)(C)OC(=O)N[C@@H](CO)c1ccc(-c2cccc(OCc3ccccc3)c2)cc1. The first-order valence-corrected chi connectivity index (χ1v) is 10.3. The Labute approximate surface area is 183 Å². The summed E-state index contributed by atoms with van der Waals surface area (Å²) in [6, 6.07) is 25.1. The number of hydrogen-bond acceptors (Lipinski definition) is 4. The van der Waals surface area contributed by atoms with E-state index in [1.165, 1.54) is 0 Å². The largest absolute Gasteiger partial charge is 0.489 e. The number of aliphatic hydroxyl groups is 1. The monoisotopic (exact) mass is 419 g/mol. The zero-order chi connectivity index (χ0) is 22.3. The first kappa shape index (κ1) is 22.4. The average molecular weight is 420 g/mol. The molecule has 0 aromatic heterocycles. The summed E-state index contributed by atoms with van der Waals surface area (Å²) in [5.74, 6) is 0.797. The van der Waals surface area contributed by atoms with Crippen molar-refractivity contribution in [2.75, 3.05) is 6.61 Å². The van der Waals surface area contributed by atoms with E-state index in [1.807, 2.05) is 78.9 Å². The third-order valence-electron chi connectivity index (χ3n) is 4.60. The van der Waals surface area contributed by atoms with Crippen molar-refractivity contribution in [3.63, 3.8) is 0 Å². The minimum Gasteiger partial charge on any atom is -0.489 e. The van der Waals surface area contributed by atoms with E-state index in [2.05, 4.69) is 5.32 Å². The predicted molar refractivity (Wildman–Crippen MR) is 122 cm³/mol. The molecule has 3 rings (SSSR count). The third kappa shape index (κ3) is 6.86. The number of alkyl carbamates (subject to hydrolysis) is 1. The molecule has 0 aliphatic heterocycles. The molecule has 0 unspecified atom stereocenters. The van der Waals surface area contributed by atoms with E-state index in [1.54, 1.807) is 20.8 Å². The lowest BCUT2D eigenvalue weighted by Crippen LogP contribution is -2.36. The van der Waals surface area contributed by atoms with Crippen molar-refractivity contribution in [1.29, 1.82) is 0 Å². The Morgan fingerprint density at radius 2 is 1.65 bits per heavy atom. The minimum atomic E-state index is -0.596. The average Bonchev–Trinajstić information content (AvgIpc) is 2.76. The Hall–Kier alpha value is -3.31. The molecule has 0 saturated heterocycles. The lowest BCUT2D eigenvalue weighted by molar-refractivity contribution is 0.0482. The molecule has 0 fully saturated rings. The van der Waals surface area contributed by atoms with Crippen LogP contribution in [0.2, 0.25) is 0 Å². The number of carbonyl (C=O) groups excluding carboxylic acids is 1. The molecule has 1 atom stereocenters. The third-order valence-corrected chi connectivity index (χ3v) is 4.60. The van der Waals surface area contributed by atoms with Crippen LogP contribution in [0.5, 0.6) is 5.75 Å². The molecule has 0 saturated carbocycles. The highest BCUT2D eigenvalue weighted by Crippen LogP contribution is 2.26. The minimum absolute atomic E-state index is 0.221. The Morgan fingerprint density at radius 1 is 0.935 bits per heavy atom. The first-order chi connectivity index (χ1) is 14.8. The van der Waals surface area contributed by atoms with Crippen molar-refractivity contribution in [2.45, 2.75) is 39.0 Å². The van der Waals surface area contributed by atoms with Gasteiger partial charge in [-0.05, 0) is 55.2 Å². The quantitative estimate of drug-likeness (QED) is 0.531. The van der Waals surface area contributed by atoms with Gasteiger partial charge in [0.2, 0.25) is 0 Å². The van der Waals surface area contributed by atoms with Crippen molar-refractivity contribution in [2.24, 2.45) is 0 Å². The van der Waals surface area contributed by atoms with Gasteiger partial charge in [-0.2, -0.15) is 0 Å². The molecule has 0 radical (unpaired) electrons. The van der Waals surface area contributed by atoms with Crippen molar-refractivity contribution < 1.29 is 19.4 Å². The van der Waals surface area contributed by atoms with Gasteiger partial charge in [-0.3, -0.25) is 0 Å². The highest BCUT2D eigenvalue weighted by Gasteiger charge is 2.20. The lowest BCUT2D eigenvalue weighted by atomic mass is 10.0. The lowest BCUT2D eigenvalue weighted by Gasteiger charge is -2.23. The van der Waals surface area contributed by atoms with E-state index >= 15 is 0 Å². The number of carbonyl (C=O) groups is 1. The summed E-state index contributed by atoms with van der Waals surface area (Å²) >= 11 is 0. The maximum atomic E-state index is 12.0. The molecule has 5 heteroatoms. The maximum Gasteiger partial charge on any atom is 0.408 e. The summed E-state index contributed by atoms with van der Waals surface area (Å²) in [6.45, 7) is 5.69. The van der Waals surface area contributed by atoms with Crippen LogP contribution in [0.4, 0.5) is 4.79 Å². The predicted octanol–water partition coefficient (Wildman–Crippen LogP) is 5.49. The fourth-order valence-corrected chi connectivity index (χ4v) is 3.10. The first-order valence-electron chi connectivity index (χ1n) is 10.3. The molecule has 2 N–H and O–H groups in total. The Morgan fingerprint density at radius 3 is 2.29 bits per heavy atom. The zero-order valence-electron chi connectivity index (χ0n) is 18.2. The Bertz CT molecular complexity index is 978. The van der Waals surface area contributed by atoms with Crippen LogP contribution >= 0.6 is 0 Å². The maximum absolute atomic E-state index is 12.0. The van der Waals surface area contributed by atoms with Crippen LogP contribution in [-0.4, -0.2) is 23.4 Å². The smallest absolute Gasteiger partial charge is 0.408 e. The molecule has 1 amide bonds. The molecule has 5 nitrogen and oxygen atoms in total. The van der Waals surface area contributed by atoms with Gasteiger partial charge < -0.3 is 19.9 Å². The van der Waals surface area contributed by atoms with E-state index < -0.39 is 17.7 Å². The van der Waals surface area contributed by atoms with Gasteiger partial charge in [-0.15, -0.1) is 0 Å². The van der Waals surface area contributed by atoms with E-state index in [0.717, 1.165) is 28.0 Å². The number of rotatable bonds is 7. The van der Waals surface area contributed by atoms with E-state index in [0.29, 0.717) is 6.61 Å². The van der Waals surface area contributed by atoms with E-state index in [-0.39, 0.29) is 6.61 Å².